The van der Waals surface area contributed by atoms with E-state index in [0.717, 1.165) is 0 Å². The summed E-state index contributed by atoms with van der Waals surface area (Å²) in [6.07, 6.45) is -0.148. The van der Waals surface area contributed by atoms with Gasteiger partial charge in [-0.15, -0.1) is 0 Å². The molecular formula is C5H10O7S2. The van der Waals surface area contributed by atoms with Crippen molar-refractivity contribution in [1.82, 2.24) is 0 Å². The van der Waals surface area contributed by atoms with Gasteiger partial charge in [-0.25, -0.2) is 0 Å². The van der Waals surface area contributed by atoms with Crippen molar-refractivity contribution in [3.8, 4) is 0 Å². The summed E-state index contributed by atoms with van der Waals surface area (Å²) in [6, 6.07) is 0. The van der Waals surface area contributed by atoms with Crippen molar-refractivity contribution in [3.05, 3.63) is 0 Å². The van der Waals surface area contributed by atoms with Crippen LogP contribution in [0.15, 0.2) is 0 Å². The Hall–Kier alpha value is -0.510. The Morgan fingerprint density at radius 2 is 1.50 bits per heavy atom. The van der Waals surface area contributed by atoms with E-state index in [1.54, 1.807) is 0 Å². The maximum absolute atomic E-state index is 11.0. The van der Waals surface area contributed by atoms with Crippen molar-refractivity contribution < 1.29 is 30.7 Å². The second-order valence-corrected chi connectivity index (χ2v) is 5.88. The Morgan fingerprint density at radius 3 is 1.71 bits per heavy atom. The molecule has 0 atom stereocenters. The van der Waals surface area contributed by atoms with Crippen LogP contribution in [-0.4, -0.2) is 36.3 Å². The summed E-state index contributed by atoms with van der Waals surface area (Å²) >= 11 is 0. The van der Waals surface area contributed by atoms with E-state index in [1.807, 2.05) is 0 Å². The average molecular weight is 246 g/mol. The van der Waals surface area contributed by atoms with Gasteiger partial charge in [0.2, 0.25) is 0 Å². The molecule has 0 amide bonds. The van der Waals surface area contributed by atoms with E-state index < -0.39 is 30.6 Å². The molecule has 2 N–H and O–H groups in total. The minimum absolute atomic E-state index is 0.209. The molecular weight excluding hydrogens is 236 g/mol. The van der Waals surface area contributed by atoms with E-state index in [4.69, 9.17) is 9.11 Å². The number of ketones is 1. The maximum atomic E-state index is 11.0. The normalized spacial score (nSPS) is 13.1. The summed E-state index contributed by atoms with van der Waals surface area (Å²) in [7, 11) is -10.3. The minimum Gasteiger partial charge on any atom is -0.297 e. The lowest BCUT2D eigenvalue weighted by Gasteiger charge is -2.08. The van der Waals surface area contributed by atoms with Gasteiger partial charge < -0.3 is 0 Å². The molecule has 0 aliphatic rings. The lowest BCUT2D eigenvalue weighted by molar-refractivity contribution is -0.117. The first-order valence-electron chi connectivity index (χ1n) is 3.56. The van der Waals surface area contributed by atoms with Crippen molar-refractivity contribution in [1.29, 1.82) is 0 Å². The SMILES string of the molecule is CCCC(=O)C(S(=O)(=O)O)S(=O)(=O)O. The predicted octanol–water partition coefficient (Wildman–Crippen LogP) is -0.543. The van der Waals surface area contributed by atoms with Gasteiger partial charge in [0.05, 0.1) is 0 Å². The van der Waals surface area contributed by atoms with E-state index in [9.17, 15) is 21.6 Å². The lowest BCUT2D eigenvalue weighted by atomic mass is 10.2. The molecule has 0 aromatic heterocycles. The maximum Gasteiger partial charge on any atom is 0.292 e. The first-order chi connectivity index (χ1) is 6.10. The molecule has 0 rings (SSSR count). The quantitative estimate of drug-likeness (QED) is 0.623. The van der Waals surface area contributed by atoms with Crippen molar-refractivity contribution in [2.24, 2.45) is 0 Å². The highest BCUT2D eigenvalue weighted by molar-refractivity contribution is 8.05. The molecule has 0 aliphatic carbocycles. The van der Waals surface area contributed by atoms with Crippen LogP contribution in [0.25, 0.3) is 0 Å². The third kappa shape index (κ3) is 3.70. The van der Waals surface area contributed by atoms with Gasteiger partial charge in [-0.3, -0.25) is 13.9 Å². The van der Waals surface area contributed by atoms with E-state index in [1.165, 1.54) is 6.92 Å². The number of carbonyl (C=O) groups is 1. The Kier molecular flexibility index (Phi) is 4.18. The number of carbonyl (C=O) groups excluding carboxylic acids is 1. The fraction of sp³-hybridized carbons (Fsp3) is 0.800. The van der Waals surface area contributed by atoms with Gasteiger partial charge in [-0.2, -0.15) is 16.8 Å². The van der Waals surface area contributed by atoms with Crippen molar-refractivity contribution in [3.63, 3.8) is 0 Å². The van der Waals surface area contributed by atoms with Crippen LogP contribution in [-0.2, 0) is 25.0 Å². The molecule has 0 aromatic rings. The molecule has 0 aromatic carbocycles. The van der Waals surface area contributed by atoms with Crippen molar-refractivity contribution >= 4 is 26.0 Å². The predicted molar refractivity (Wildman–Crippen MR) is 46.8 cm³/mol. The lowest BCUT2D eigenvalue weighted by Crippen LogP contribution is -2.37. The van der Waals surface area contributed by atoms with Gasteiger partial charge in [0.1, 0.15) is 0 Å². The molecule has 14 heavy (non-hydrogen) atoms. The molecule has 0 fully saturated rings. The molecule has 0 bridgehead atoms. The number of rotatable bonds is 5. The second-order valence-electron chi connectivity index (χ2n) is 2.58. The summed E-state index contributed by atoms with van der Waals surface area (Å²) in [5.41, 5.74) is 0. The molecule has 0 unspecified atom stereocenters. The fourth-order valence-electron chi connectivity index (χ4n) is 0.850. The Labute approximate surface area is 81.6 Å². The molecule has 0 heterocycles. The molecule has 9 heteroatoms. The Balaban J connectivity index is 5.27. The molecule has 7 nitrogen and oxygen atoms in total. The molecule has 0 saturated heterocycles. The highest BCUT2D eigenvalue weighted by Gasteiger charge is 2.41. The number of hydrogen-bond acceptors (Lipinski definition) is 5. The monoisotopic (exact) mass is 246 g/mol. The molecule has 0 spiro atoms. The van der Waals surface area contributed by atoms with Crippen LogP contribution >= 0.6 is 0 Å². The van der Waals surface area contributed by atoms with Gasteiger partial charge in [-0.05, 0) is 6.42 Å². The van der Waals surface area contributed by atoms with Crippen LogP contribution in [0.3, 0.4) is 0 Å². The summed E-state index contributed by atoms with van der Waals surface area (Å²) < 4.78 is 56.0. The first kappa shape index (κ1) is 13.5. The standard InChI is InChI=1S/C5H10O7S2/c1-2-3-4(6)5(13(7,8)9)14(10,11)12/h5H,2-3H2,1H3,(H,7,8,9)(H,10,11,12). The van der Waals surface area contributed by atoms with Crippen LogP contribution < -0.4 is 0 Å². The van der Waals surface area contributed by atoms with Crippen molar-refractivity contribution in [2.75, 3.05) is 0 Å². The molecule has 0 saturated carbocycles. The van der Waals surface area contributed by atoms with Gasteiger partial charge in [0.25, 0.3) is 24.8 Å². The van der Waals surface area contributed by atoms with Crippen LogP contribution in [0.2, 0.25) is 0 Å². The number of Topliss-reactive ketones (excluding diaryl/α,β-unsaturated/α-hetero) is 1. The van der Waals surface area contributed by atoms with Crippen LogP contribution in [0.5, 0.6) is 0 Å². The van der Waals surface area contributed by atoms with Crippen LogP contribution in [0.1, 0.15) is 19.8 Å². The molecule has 0 aliphatic heterocycles. The number of hydrogen-bond donors (Lipinski definition) is 2. The van der Waals surface area contributed by atoms with E-state index in [2.05, 4.69) is 0 Å². The van der Waals surface area contributed by atoms with Gasteiger partial charge >= 0.3 is 0 Å². The Bertz CT molecular complexity index is 371. The van der Waals surface area contributed by atoms with Gasteiger partial charge in [0.15, 0.2) is 5.78 Å². The third-order valence-corrected chi connectivity index (χ3v) is 4.37. The summed E-state index contributed by atoms with van der Waals surface area (Å²) in [5, 5.41) is 0. The van der Waals surface area contributed by atoms with Crippen LogP contribution in [0.4, 0.5) is 0 Å². The second kappa shape index (κ2) is 4.34. The zero-order valence-electron chi connectivity index (χ0n) is 7.24. The summed E-state index contributed by atoms with van der Waals surface area (Å²) in [5.74, 6) is -1.25. The zero-order valence-corrected chi connectivity index (χ0v) is 8.88. The largest absolute Gasteiger partial charge is 0.297 e. The highest BCUT2D eigenvalue weighted by Crippen LogP contribution is 2.11. The van der Waals surface area contributed by atoms with E-state index >= 15 is 0 Å². The van der Waals surface area contributed by atoms with Crippen LogP contribution in [0, 0.1) is 0 Å². The van der Waals surface area contributed by atoms with Gasteiger partial charge in [-0.1, -0.05) is 6.92 Å². The minimum atomic E-state index is -5.13. The molecule has 84 valence electrons. The van der Waals surface area contributed by atoms with E-state index in [-0.39, 0.29) is 12.8 Å². The Morgan fingerprint density at radius 1 is 1.14 bits per heavy atom. The smallest absolute Gasteiger partial charge is 0.292 e. The molecule has 0 radical (unpaired) electrons. The zero-order chi connectivity index (χ0) is 11.6. The first-order valence-corrected chi connectivity index (χ1v) is 6.56. The summed E-state index contributed by atoms with van der Waals surface area (Å²) in [4.78, 5) is 11.0. The van der Waals surface area contributed by atoms with E-state index in [0.29, 0.717) is 0 Å². The van der Waals surface area contributed by atoms with Crippen molar-refractivity contribution in [2.45, 2.75) is 24.3 Å². The highest BCUT2D eigenvalue weighted by atomic mass is 32.3. The average Bonchev–Trinajstić information content (AvgIpc) is 1.78. The van der Waals surface area contributed by atoms with Gasteiger partial charge in [0, 0.05) is 6.42 Å². The summed E-state index contributed by atoms with van der Waals surface area (Å²) in [6.45, 7) is 1.52. The topological polar surface area (TPSA) is 126 Å². The fourth-order valence-corrected chi connectivity index (χ4v) is 2.98. The third-order valence-electron chi connectivity index (χ3n) is 1.30.